The van der Waals surface area contributed by atoms with Crippen molar-refractivity contribution >= 4 is 0 Å². The lowest BCUT2D eigenvalue weighted by atomic mass is 10.1. The zero-order chi connectivity index (χ0) is 7.98. The lowest BCUT2D eigenvalue weighted by molar-refractivity contribution is 0.457. The van der Waals surface area contributed by atoms with Gasteiger partial charge in [-0.15, -0.1) is 0 Å². The number of hydrogen-bond donors (Lipinski definition) is 2. The number of hydrogen-bond acceptors (Lipinski definition) is 2. The largest absolute Gasteiger partial charge is 0.330 e. The Bertz CT molecular complexity index is 71.7. The van der Waals surface area contributed by atoms with Crippen molar-refractivity contribution in [1.29, 1.82) is 0 Å². The van der Waals surface area contributed by atoms with Crippen LogP contribution < -0.4 is 11.1 Å². The third kappa shape index (κ3) is 6.05. The van der Waals surface area contributed by atoms with Gasteiger partial charge in [0.2, 0.25) is 0 Å². The van der Waals surface area contributed by atoms with E-state index in [4.69, 9.17) is 5.73 Å². The number of nitrogens with two attached hydrogens (primary N) is 1. The molecule has 0 aromatic carbocycles. The van der Waals surface area contributed by atoms with Gasteiger partial charge in [-0.05, 0) is 26.3 Å². The lowest BCUT2D eigenvalue weighted by Gasteiger charge is -2.15. The maximum Gasteiger partial charge on any atom is 0.00415 e. The van der Waals surface area contributed by atoms with Crippen LogP contribution in [0, 0.1) is 0 Å². The molecule has 1 unspecified atom stereocenters. The van der Waals surface area contributed by atoms with Crippen molar-refractivity contribution in [2.24, 2.45) is 5.73 Å². The molecule has 2 heteroatoms. The van der Waals surface area contributed by atoms with E-state index in [-0.39, 0.29) is 0 Å². The summed E-state index contributed by atoms with van der Waals surface area (Å²) in [5, 5.41) is 3.42. The van der Waals surface area contributed by atoms with E-state index in [2.05, 4.69) is 26.1 Å². The van der Waals surface area contributed by atoms with Crippen molar-refractivity contribution in [3.8, 4) is 0 Å². The van der Waals surface area contributed by atoms with Crippen LogP contribution in [0.3, 0.4) is 0 Å². The Morgan fingerprint density at radius 3 is 2.30 bits per heavy atom. The molecule has 0 amide bonds. The van der Waals surface area contributed by atoms with Gasteiger partial charge in [-0.3, -0.25) is 0 Å². The van der Waals surface area contributed by atoms with Crippen LogP contribution >= 0.6 is 0 Å². The van der Waals surface area contributed by atoms with E-state index in [1.54, 1.807) is 0 Å². The summed E-state index contributed by atoms with van der Waals surface area (Å²) in [5.41, 5.74) is 5.38. The van der Waals surface area contributed by atoms with E-state index in [9.17, 15) is 0 Å². The minimum atomic E-state index is 0.591. The highest BCUT2D eigenvalue weighted by Gasteiger charge is 2.00. The molecule has 0 radical (unpaired) electrons. The van der Waals surface area contributed by atoms with Crippen molar-refractivity contribution in [2.75, 3.05) is 6.54 Å². The maximum absolute atomic E-state index is 5.38. The van der Waals surface area contributed by atoms with Gasteiger partial charge in [0.25, 0.3) is 0 Å². The summed E-state index contributed by atoms with van der Waals surface area (Å²) in [6.07, 6.45) is 2.32. The normalized spacial score (nSPS) is 14.1. The van der Waals surface area contributed by atoms with Gasteiger partial charge in [-0.2, -0.15) is 0 Å². The Balaban J connectivity index is 3.16. The summed E-state index contributed by atoms with van der Waals surface area (Å²) in [5.74, 6) is 0. The molecule has 1 atom stereocenters. The van der Waals surface area contributed by atoms with Crippen LogP contribution in [0.1, 0.15) is 33.6 Å². The average Bonchev–Trinajstić information content (AvgIpc) is 1.82. The van der Waals surface area contributed by atoms with E-state index in [1.807, 2.05) is 0 Å². The van der Waals surface area contributed by atoms with Crippen LogP contribution in [0.4, 0.5) is 0 Å². The van der Waals surface area contributed by atoms with E-state index < -0.39 is 0 Å². The van der Waals surface area contributed by atoms with Crippen molar-refractivity contribution in [1.82, 2.24) is 5.32 Å². The monoisotopic (exact) mass is 144 g/mol. The first-order valence-electron chi connectivity index (χ1n) is 4.13. The molecule has 0 aromatic rings. The highest BCUT2D eigenvalue weighted by atomic mass is 14.9. The average molecular weight is 144 g/mol. The summed E-state index contributed by atoms with van der Waals surface area (Å²) >= 11 is 0. The predicted octanol–water partition coefficient (Wildman–Crippen LogP) is 1.11. The molecular weight excluding hydrogens is 124 g/mol. The summed E-state index contributed by atoms with van der Waals surface area (Å²) in [6.45, 7) is 7.34. The standard InChI is InChI=1S/C8H20N2/c1-7(2)10-8(3)5-4-6-9/h7-8,10H,4-6,9H2,1-3H3. The number of nitrogens with one attached hydrogen (secondary N) is 1. The quantitative estimate of drug-likeness (QED) is 0.606. The fourth-order valence-electron chi connectivity index (χ4n) is 1.08. The van der Waals surface area contributed by atoms with Crippen LogP contribution in [0.2, 0.25) is 0 Å². The topological polar surface area (TPSA) is 38.0 Å². The predicted molar refractivity (Wildman–Crippen MR) is 46.0 cm³/mol. The van der Waals surface area contributed by atoms with Gasteiger partial charge >= 0.3 is 0 Å². The van der Waals surface area contributed by atoms with E-state index >= 15 is 0 Å². The third-order valence-corrected chi connectivity index (χ3v) is 1.46. The molecular formula is C8H20N2. The Kier molecular flexibility index (Phi) is 5.64. The SMILES string of the molecule is CC(C)NC(C)CCCN. The van der Waals surface area contributed by atoms with E-state index in [0.717, 1.165) is 13.0 Å². The molecule has 3 N–H and O–H groups in total. The molecule has 0 heterocycles. The van der Waals surface area contributed by atoms with Gasteiger partial charge in [0, 0.05) is 12.1 Å². The van der Waals surface area contributed by atoms with Crippen LogP contribution in [-0.4, -0.2) is 18.6 Å². The first-order valence-corrected chi connectivity index (χ1v) is 4.13. The Morgan fingerprint density at radius 2 is 1.90 bits per heavy atom. The molecule has 0 aliphatic carbocycles. The molecule has 0 saturated carbocycles. The van der Waals surface area contributed by atoms with Crippen molar-refractivity contribution in [2.45, 2.75) is 45.7 Å². The van der Waals surface area contributed by atoms with Crippen LogP contribution in [-0.2, 0) is 0 Å². The highest BCUT2D eigenvalue weighted by Crippen LogP contribution is 1.95. The van der Waals surface area contributed by atoms with Crippen molar-refractivity contribution in [3.05, 3.63) is 0 Å². The van der Waals surface area contributed by atoms with E-state index in [0.29, 0.717) is 12.1 Å². The van der Waals surface area contributed by atoms with Crippen LogP contribution in [0.15, 0.2) is 0 Å². The van der Waals surface area contributed by atoms with Crippen molar-refractivity contribution in [3.63, 3.8) is 0 Å². The molecule has 0 aromatic heterocycles. The number of rotatable bonds is 5. The van der Waals surface area contributed by atoms with Crippen LogP contribution in [0.25, 0.3) is 0 Å². The first kappa shape index (κ1) is 9.92. The smallest absolute Gasteiger partial charge is 0.00415 e. The summed E-state index contributed by atoms with van der Waals surface area (Å²) < 4.78 is 0. The van der Waals surface area contributed by atoms with E-state index in [1.165, 1.54) is 6.42 Å². The molecule has 0 aliphatic heterocycles. The van der Waals surface area contributed by atoms with Gasteiger partial charge in [-0.25, -0.2) is 0 Å². The van der Waals surface area contributed by atoms with Gasteiger partial charge in [0.15, 0.2) is 0 Å². The third-order valence-electron chi connectivity index (χ3n) is 1.46. The molecule has 0 aliphatic rings. The zero-order valence-electron chi connectivity index (χ0n) is 7.35. The van der Waals surface area contributed by atoms with Crippen molar-refractivity contribution < 1.29 is 0 Å². The second-order valence-corrected chi connectivity index (χ2v) is 3.15. The second-order valence-electron chi connectivity index (χ2n) is 3.15. The molecule has 0 rings (SSSR count). The van der Waals surface area contributed by atoms with Gasteiger partial charge in [0.05, 0.1) is 0 Å². The molecule has 0 bridgehead atoms. The first-order chi connectivity index (χ1) is 4.66. The molecule has 2 nitrogen and oxygen atoms in total. The molecule has 0 fully saturated rings. The maximum atomic E-state index is 5.38. The van der Waals surface area contributed by atoms with Gasteiger partial charge in [0.1, 0.15) is 0 Å². The summed E-state index contributed by atoms with van der Waals surface area (Å²) in [7, 11) is 0. The van der Waals surface area contributed by atoms with Crippen LogP contribution in [0.5, 0.6) is 0 Å². The van der Waals surface area contributed by atoms with Gasteiger partial charge in [-0.1, -0.05) is 13.8 Å². The lowest BCUT2D eigenvalue weighted by Crippen LogP contribution is -2.32. The molecule has 0 saturated heterocycles. The molecule has 10 heavy (non-hydrogen) atoms. The summed E-state index contributed by atoms with van der Waals surface area (Å²) in [4.78, 5) is 0. The minimum Gasteiger partial charge on any atom is -0.330 e. The Morgan fingerprint density at radius 1 is 1.30 bits per heavy atom. The van der Waals surface area contributed by atoms with Gasteiger partial charge < -0.3 is 11.1 Å². The minimum absolute atomic E-state index is 0.591. The Hall–Kier alpha value is -0.0800. The fraction of sp³-hybridized carbons (Fsp3) is 1.00. The highest BCUT2D eigenvalue weighted by molar-refractivity contribution is 4.63. The fourth-order valence-corrected chi connectivity index (χ4v) is 1.08. The zero-order valence-corrected chi connectivity index (χ0v) is 7.35. The Labute approximate surface area is 64.2 Å². The summed E-state index contributed by atoms with van der Waals surface area (Å²) in [6, 6.07) is 1.20. The second kappa shape index (κ2) is 5.69. The molecule has 0 spiro atoms. The molecule has 62 valence electrons.